The molecule has 7 heterocycles. The van der Waals surface area contributed by atoms with Crippen molar-refractivity contribution in [3.8, 4) is 5.75 Å². The summed E-state index contributed by atoms with van der Waals surface area (Å²) in [6, 6.07) is 9.96. The second-order valence-electron chi connectivity index (χ2n) is 20.3. The zero-order valence-electron chi connectivity index (χ0n) is 49.5. The largest absolute Gasteiger partial charge is 0.487 e. The lowest BCUT2D eigenvalue weighted by atomic mass is 9.77. The Labute approximate surface area is 526 Å². The summed E-state index contributed by atoms with van der Waals surface area (Å²) < 4.78 is 122. The van der Waals surface area contributed by atoms with Gasteiger partial charge in [-0.2, -0.15) is 0 Å². The van der Waals surface area contributed by atoms with E-state index >= 15 is 0 Å². The van der Waals surface area contributed by atoms with E-state index in [9.17, 15) is 64.2 Å². The number of aromatic nitrogens is 10. The van der Waals surface area contributed by atoms with Gasteiger partial charge >= 0.3 is 17.9 Å². The predicted molar refractivity (Wildman–Crippen MR) is 309 cm³/mol. The van der Waals surface area contributed by atoms with Gasteiger partial charge in [-0.15, -0.1) is 24.0 Å². The van der Waals surface area contributed by atoms with Gasteiger partial charge in [0.1, 0.15) is 40.8 Å². The predicted octanol–water partition coefficient (Wildman–Crippen LogP) is 10.3. The third-order valence-electron chi connectivity index (χ3n) is 14.7. The van der Waals surface area contributed by atoms with Crippen LogP contribution in [-0.4, -0.2) is 125 Å². The van der Waals surface area contributed by atoms with Crippen LogP contribution in [0.1, 0.15) is 145 Å². The third-order valence-corrected chi connectivity index (χ3v) is 15.3. The minimum atomic E-state index is -2.75. The van der Waals surface area contributed by atoms with Gasteiger partial charge in [0.15, 0.2) is 11.4 Å². The Balaban J connectivity index is 0.000000257. The molecule has 3 atom stereocenters. The minimum absolute atomic E-state index is 0. The van der Waals surface area contributed by atoms with Crippen molar-refractivity contribution in [2.24, 2.45) is 47.1 Å². The van der Waals surface area contributed by atoms with E-state index in [0.29, 0.717) is 53.4 Å². The van der Waals surface area contributed by atoms with E-state index in [1.807, 2.05) is 12.1 Å². The maximum Gasteiger partial charge on any atom is 0.358 e. The lowest BCUT2D eigenvalue weighted by Crippen LogP contribution is -2.50. The highest BCUT2D eigenvalue weighted by Crippen LogP contribution is 2.44. The number of aryl methyl sites for hydroxylation is 5. The second kappa shape index (κ2) is 33.1. The molecule has 1 aliphatic carbocycles. The summed E-state index contributed by atoms with van der Waals surface area (Å²) in [6.45, 7) is 0.0760. The molecule has 2 amide bonds. The summed E-state index contributed by atoms with van der Waals surface area (Å²) in [5.74, 6) is -3.78. The second-order valence-corrected chi connectivity index (χ2v) is 20.9. The average Bonchev–Trinajstić information content (AvgIpc) is 0.922. The molecule has 2 aromatic carbocycles. The number of aliphatic hydroxyl groups excluding tert-OH is 1. The Morgan fingerprint density at radius 3 is 1.73 bits per heavy atom. The molecule has 5 aromatic heterocycles. The molecule has 0 spiro atoms. The van der Waals surface area contributed by atoms with Crippen molar-refractivity contribution >= 4 is 65.3 Å². The van der Waals surface area contributed by atoms with Crippen LogP contribution in [0.5, 0.6) is 5.75 Å². The van der Waals surface area contributed by atoms with Gasteiger partial charge in [0.25, 0.3) is 31.6 Å². The van der Waals surface area contributed by atoms with E-state index in [1.165, 1.54) is 68.0 Å². The van der Waals surface area contributed by atoms with Gasteiger partial charge in [0.05, 0.1) is 87.6 Å². The number of carbonyl (C=O) groups is 5. The van der Waals surface area contributed by atoms with Gasteiger partial charge in [-0.3, -0.25) is 14.4 Å². The number of imidazole rings is 5. The molecule has 1 fully saturated rings. The van der Waals surface area contributed by atoms with E-state index in [0.717, 1.165) is 42.0 Å². The van der Waals surface area contributed by atoms with Gasteiger partial charge in [-0.05, 0) is 48.6 Å². The van der Waals surface area contributed by atoms with Crippen LogP contribution in [0.2, 0.25) is 5.02 Å². The number of carboxylic acids is 1. The molecule has 0 bridgehead atoms. The number of hydrogen-bond donors (Lipinski definition) is 2. The van der Waals surface area contributed by atoms with Crippen LogP contribution in [0, 0.1) is 11.8 Å². The van der Waals surface area contributed by atoms with Crippen molar-refractivity contribution in [1.29, 1.82) is 0 Å². The van der Waals surface area contributed by atoms with Crippen LogP contribution in [0.4, 0.5) is 35.1 Å². The number of hydrogen-bond acceptors (Lipinski definition) is 14. The van der Waals surface area contributed by atoms with E-state index in [4.69, 9.17) is 33.0 Å². The topological polar surface area (TPSA) is 249 Å². The van der Waals surface area contributed by atoms with Crippen LogP contribution in [0.3, 0.4) is 0 Å². The minimum Gasteiger partial charge on any atom is -0.487 e. The fourth-order valence-electron chi connectivity index (χ4n) is 10.3. The highest BCUT2D eigenvalue weighted by Gasteiger charge is 2.44. The number of benzene rings is 2. The van der Waals surface area contributed by atoms with Crippen molar-refractivity contribution in [3.05, 3.63) is 153 Å². The SMILES string of the molecule is COC(=O)c1cn(C)cn1.COC(=O)c1ncn(C)c1C(F)F.Cl.Cn1cnc(CCl)c1C(F)F.Cn1cnc(CO)c1C(F)F.Cn1cnc(COc2ccc(Cl)c3c2[C@@H](CN2Cc4ccccc4C2=O)N(C(=O)[C@@H]2CCCC[C@@H]2C(=O)O)CC3)c1C(F)F. The Morgan fingerprint density at radius 1 is 0.689 bits per heavy atom. The van der Waals surface area contributed by atoms with Crippen LogP contribution in [0.25, 0.3) is 0 Å². The van der Waals surface area contributed by atoms with Gasteiger partial charge in [-0.25, -0.2) is 69.6 Å². The number of fused-ring (bicyclic) bond motifs is 2. The summed E-state index contributed by atoms with van der Waals surface area (Å²) in [5, 5.41) is 19.0. The number of carboxylic acid groups (broad SMARTS) is 1. The molecule has 90 heavy (non-hydrogen) atoms. The number of rotatable bonds is 15. The number of halogens is 11. The maximum absolute atomic E-state index is 14.2. The molecule has 1 saturated carbocycles. The molecule has 0 radical (unpaired) electrons. The molecular weight excluding hydrogens is 1270 g/mol. The van der Waals surface area contributed by atoms with Crippen LogP contribution in [-0.2, 0) is 86.4 Å². The van der Waals surface area contributed by atoms with Gasteiger partial charge in [0.2, 0.25) is 5.91 Å². The molecule has 0 unspecified atom stereocenters. The fourth-order valence-corrected chi connectivity index (χ4v) is 10.8. The van der Waals surface area contributed by atoms with Crippen molar-refractivity contribution in [2.75, 3.05) is 27.3 Å². The molecular formula is C57H65Cl3F8N12O10. The number of alkyl halides is 9. The van der Waals surface area contributed by atoms with E-state index < -0.39 is 73.8 Å². The van der Waals surface area contributed by atoms with Crippen LogP contribution in [0.15, 0.2) is 74.2 Å². The van der Waals surface area contributed by atoms with Crippen molar-refractivity contribution in [3.63, 3.8) is 0 Å². The first kappa shape index (κ1) is 72.7. The molecule has 3 aliphatic rings. The van der Waals surface area contributed by atoms with E-state index in [-0.39, 0.29) is 89.7 Å². The Morgan fingerprint density at radius 2 is 1.22 bits per heavy atom. The van der Waals surface area contributed by atoms with Crippen molar-refractivity contribution in [2.45, 2.75) is 89.5 Å². The van der Waals surface area contributed by atoms with Gasteiger partial charge < -0.3 is 57.1 Å². The number of methoxy groups -OCH3 is 2. The zero-order valence-corrected chi connectivity index (χ0v) is 51.8. The highest BCUT2D eigenvalue weighted by molar-refractivity contribution is 6.31. The lowest BCUT2D eigenvalue weighted by Gasteiger charge is -2.43. The van der Waals surface area contributed by atoms with E-state index in [2.05, 4.69) is 34.4 Å². The number of esters is 2. The number of nitrogens with zero attached hydrogens (tertiary/aromatic N) is 12. The lowest BCUT2D eigenvalue weighted by molar-refractivity contribution is -0.153. The standard InChI is InChI=1S/C32H33ClF2N4O5.C7H8F2N2O2.C6H7ClF2N2.C6H8F2N2O.C6H8N2O2.ClH/c1-37-17-36-24(28(37)29(34)35)16-44-26-11-10-23(33)22-12-13-39(31(41)20-8-4-5-9-21(20)32(42)43)25(27(22)26)15-38-14-18-6-2-3-7-19(18)30(38)40;1-11-3-10-4(7(12)13-2)5(11)6(8)9;1-11-3-10-4(2-7)5(11)6(8)9;1-10-3-9-4(2-11)5(10)6(7)8;1-8-3-5(7-4-8)6(9)10-2;/h2-3,6-7,10-11,17,20-21,25,29H,4-5,8-9,12-16H2,1H3,(H,42,43);3,6H,1-2H3;3,6H,2H2,1H3;3,6,11H,2H2,1H3;3-4H,1-2H3;1H/t20-,21+,25-;;;;;/m1...../s1. The maximum atomic E-state index is 14.2. The fraction of sp³-hybridized carbons (Fsp3) is 0.439. The molecule has 7 aromatic rings. The number of aliphatic hydroxyl groups is 1. The van der Waals surface area contributed by atoms with Crippen LogP contribution < -0.4 is 4.74 Å². The summed E-state index contributed by atoms with van der Waals surface area (Å²) in [7, 11) is 10.1. The highest BCUT2D eigenvalue weighted by atomic mass is 35.5. The Hall–Kier alpha value is -8.09. The molecule has 2 N–H and O–H groups in total. The van der Waals surface area contributed by atoms with E-state index in [1.54, 1.807) is 58.2 Å². The summed E-state index contributed by atoms with van der Waals surface area (Å²) in [5.41, 5.74) is 2.21. The number of ether oxygens (including phenoxy) is 3. The van der Waals surface area contributed by atoms with Crippen LogP contribution >= 0.6 is 35.6 Å². The summed E-state index contributed by atoms with van der Waals surface area (Å²) in [6.07, 6.45) is 0.411. The first-order valence-electron chi connectivity index (χ1n) is 27.1. The normalized spacial score (nSPS) is 15.7. The number of aliphatic carboxylic acids is 1. The van der Waals surface area contributed by atoms with Crippen molar-refractivity contribution < 1.29 is 83.5 Å². The molecule has 0 saturated heterocycles. The Bertz CT molecular complexity index is 3530. The summed E-state index contributed by atoms with van der Waals surface area (Å²) in [4.78, 5) is 83.6. The number of carbonyl (C=O) groups excluding carboxylic acids is 4. The smallest absolute Gasteiger partial charge is 0.358 e. The van der Waals surface area contributed by atoms with Gasteiger partial charge in [-0.1, -0.05) is 42.6 Å². The first-order valence-corrected chi connectivity index (χ1v) is 28.0. The molecule has 2 aliphatic heterocycles. The average molecular weight is 1340 g/mol. The third kappa shape index (κ3) is 17.2. The molecule has 22 nitrogen and oxygen atoms in total. The molecule has 490 valence electrons. The first-order chi connectivity index (χ1) is 42.3. The number of amides is 2. The molecule has 10 rings (SSSR count). The Kier molecular flexibility index (Phi) is 26.7. The quantitative estimate of drug-likeness (QED) is 0.0550. The monoisotopic (exact) mass is 1330 g/mol. The zero-order chi connectivity index (χ0) is 65.6. The molecule has 33 heteroatoms. The van der Waals surface area contributed by atoms with Gasteiger partial charge in [0, 0.05) is 77.2 Å². The summed E-state index contributed by atoms with van der Waals surface area (Å²) >= 11 is 12.1. The van der Waals surface area contributed by atoms with Crippen molar-refractivity contribution in [1.82, 2.24) is 57.6 Å².